The summed E-state index contributed by atoms with van der Waals surface area (Å²) in [6, 6.07) is 3.43. The number of halogens is 2. The van der Waals surface area contributed by atoms with Crippen molar-refractivity contribution in [2.45, 2.75) is 19.3 Å². The number of esters is 1. The molecular weight excluding hydrogens is 240 g/mol. The van der Waals surface area contributed by atoms with Crippen molar-refractivity contribution in [2.24, 2.45) is 0 Å². The first kappa shape index (κ1) is 14.6. The van der Waals surface area contributed by atoms with E-state index in [-0.39, 0.29) is 5.97 Å². The second-order valence-corrected chi connectivity index (χ2v) is 3.92. The lowest BCUT2D eigenvalue weighted by atomic mass is 10.1. The maximum atomic E-state index is 13.2. The summed E-state index contributed by atoms with van der Waals surface area (Å²) in [4.78, 5) is 10.8. The first-order valence-corrected chi connectivity index (χ1v) is 5.85. The highest BCUT2D eigenvalue weighted by molar-refractivity contribution is 5.69. The summed E-state index contributed by atoms with van der Waals surface area (Å²) in [5, 5.41) is 3.06. The van der Waals surface area contributed by atoms with E-state index in [2.05, 4.69) is 10.1 Å². The molecule has 0 aliphatic carbocycles. The molecule has 0 amide bonds. The molecule has 0 spiro atoms. The third kappa shape index (κ3) is 5.23. The summed E-state index contributed by atoms with van der Waals surface area (Å²) in [5.74, 6) is -1.07. The highest BCUT2D eigenvalue weighted by Crippen LogP contribution is 2.09. The van der Waals surface area contributed by atoms with Crippen molar-refractivity contribution >= 4 is 5.97 Å². The summed E-state index contributed by atoms with van der Waals surface area (Å²) in [5.41, 5.74) is 0.357. The van der Waals surface area contributed by atoms with Crippen LogP contribution in [0.25, 0.3) is 0 Å². The Morgan fingerprint density at radius 3 is 2.83 bits per heavy atom. The van der Waals surface area contributed by atoms with Crippen LogP contribution >= 0.6 is 0 Å². The van der Waals surface area contributed by atoms with Crippen LogP contribution in [0.3, 0.4) is 0 Å². The molecule has 0 atom stereocenters. The first-order chi connectivity index (χ1) is 8.63. The van der Waals surface area contributed by atoms with Crippen LogP contribution in [0.5, 0.6) is 0 Å². The molecule has 0 aromatic heterocycles. The Labute approximate surface area is 105 Å². The van der Waals surface area contributed by atoms with Gasteiger partial charge in [-0.2, -0.15) is 0 Å². The zero-order valence-corrected chi connectivity index (χ0v) is 10.3. The normalized spacial score (nSPS) is 10.4. The molecule has 1 rings (SSSR count). The number of rotatable bonds is 7. The van der Waals surface area contributed by atoms with E-state index in [4.69, 9.17) is 0 Å². The molecule has 0 aliphatic rings. The Morgan fingerprint density at radius 2 is 2.11 bits per heavy atom. The molecule has 0 saturated carbocycles. The number of carbonyl (C=O) groups is 1. The Bertz CT molecular complexity index is 397. The standard InChI is InChI=1S/C13H17F2NO2/c1-18-13(17)3-2-7-16-8-6-10-9-11(14)4-5-12(10)15/h4-5,9,16H,2-3,6-8H2,1H3. The van der Waals surface area contributed by atoms with Gasteiger partial charge in [0.1, 0.15) is 11.6 Å². The lowest BCUT2D eigenvalue weighted by Gasteiger charge is -2.05. The minimum Gasteiger partial charge on any atom is -0.469 e. The highest BCUT2D eigenvalue weighted by atomic mass is 19.1. The maximum Gasteiger partial charge on any atom is 0.305 e. The van der Waals surface area contributed by atoms with Crippen LogP contribution in [0.4, 0.5) is 8.78 Å². The molecular formula is C13H17F2NO2. The van der Waals surface area contributed by atoms with Gasteiger partial charge >= 0.3 is 5.97 Å². The Morgan fingerprint density at radius 1 is 1.33 bits per heavy atom. The van der Waals surface area contributed by atoms with Crippen LogP contribution in [0.2, 0.25) is 0 Å². The molecule has 18 heavy (non-hydrogen) atoms. The van der Waals surface area contributed by atoms with Gasteiger partial charge in [0.05, 0.1) is 7.11 Å². The van der Waals surface area contributed by atoms with Crippen molar-refractivity contribution < 1.29 is 18.3 Å². The van der Waals surface area contributed by atoms with Gasteiger partial charge in [0.2, 0.25) is 0 Å². The molecule has 5 heteroatoms. The number of carbonyl (C=O) groups excluding carboxylic acids is 1. The average molecular weight is 257 g/mol. The Hall–Kier alpha value is -1.49. The fraction of sp³-hybridized carbons (Fsp3) is 0.462. The second-order valence-electron chi connectivity index (χ2n) is 3.92. The van der Waals surface area contributed by atoms with Crippen molar-refractivity contribution in [2.75, 3.05) is 20.2 Å². The molecule has 1 aromatic rings. The van der Waals surface area contributed by atoms with E-state index in [0.29, 0.717) is 37.9 Å². The minimum absolute atomic E-state index is 0.243. The molecule has 0 radical (unpaired) electrons. The molecule has 100 valence electrons. The lowest BCUT2D eigenvalue weighted by Crippen LogP contribution is -2.19. The molecule has 1 N–H and O–H groups in total. The van der Waals surface area contributed by atoms with Gasteiger partial charge in [-0.1, -0.05) is 0 Å². The van der Waals surface area contributed by atoms with E-state index in [0.717, 1.165) is 12.1 Å². The molecule has 0 heterocycles. The number of methoxy groups -OCH3 is 1. The van der Waals surface area contributed by atoms with E-state index in [1.807, 2.05) is 0 Å². The van der Waals surface area contributed by atoms with Gasteiger partial charge in [-0.05, 0) is 49.7 Å². The third-order valence-corrected chi connectivity index (χ3v) is 2.54. The second kappa shape index (κ2) is 7.76. The predicted molar refractivity (Wildman–Crippen MR) is 64.2 cm³/mol. The van der Waals surface area contributed by atoms with Crippen molar-refractivity contribution in [3.05, 3.63) is 35.4 Å². The summed E-state index contributed by atoms with van der Waals surface area (Å²) in [6.45, 7) is 1.19. The summed E-state index contributed by atoms with van der Waals surface area (Å²) in [7, 11) is 1.35. The van der Waals surface area contributed by atoms with E-state index in [1.165, 1.54) is 13.2 Å². The fourth-order valence-electron chi connectivity index (χ4n) is 1.54. The summed E-state index contributed by atoms with van der Waals surface area (Å²) < 4.78 is 30.6. The largest absolute Gasteiger partial charge is 0.469 e. The quantitative estimate of drug-likeness (QED) is 0.600. The van der Waals surface area contributed by atoms with Crippen LogP contribution in [-0.4, -0.2) is 26.2 Å². The van der Waals surface area contributed by atoms with E-state index >= 15 is 0 Å². The van der Waals surface area contributed by atoms with Gasteiger partial charge in [-0.3, -0.25) is 4.79 Å². The van der Waals surface area contributed by atoms with Crippen molar-refractivity contribution in [1.29, 1.82) is 0 Å². The van der Waals surface area contributed by atoms with Crippen LogP contribution < -0.4 is 5.32 Å². The van der Waals surface area contributed by atoms with Gasteiger partial charge in [0.15, 0.2) is 0 Å². The monoisotopic (exact) mass is 257 g/mol. The summed E-state index contributed by atoms with van der Waals surface area (Å²) >= 11 is 0. The van der Waals surface area contributed by atoms with Gasteiger partial charge in [0, 0.05) is 6.42 Å². The van der Waals surface area contributed by atoms with Gasteiger partial charge in [0.25, 0.3) is 0 Å². The number of benzene rings is 1. The minimum atomic E-state index is -0.433. The van der Waals surface area contributed by atoms with Crippen LogP contribution in [0.1, 0.15) is 18.4 Å². The highest BCUT2D eigenvalue weighted by Gasteiger charge is 2.03. The van der Waals surface area contributed by atoms with Crippen molar-refractivity contribution in [3.8, 4) is 0 Å². The van der Waals surface area contributed by atoms with E-state index < -0.39 is 11.6 Å². The van der Waals surface area contributed by atoms with Gasteiger partial charge in [-0.15, -0.1) is 0 Å². The van der Waals surface area contributed by atoms with Crippen LogP contribution in [-0.2, 0) is 16.0 Å². The van der Waals surface area contributed by atoms with E-state index in [1.54, 1.807) is 0 Å². The predicted octanol–water partition coefficient (Wildman–Crippen LogP) is 2.05. The summed E-state index contributed by atoms with van der Waals surface area (Å²) in [6.07, 6.45) is 1.44. The van der Waals surface area contributed by atoms with Crippen molar-refractivity contribution in [3.63, 3.8) is 0 Å². The number of nitrogens with one attached hydrogen (secondary N) is 1. The number of hydrogen-bond acceptors (Lipinski definition) is 3. The number of hydrogen-bond donors (Lipinski definition) is 1. The topological polar surface area (TPSA) is 38.3 Å². The zero-order valence-electron chi connectivity index (χ0n) is 10.3. The fourth-order valence-corrected chi connectivity index (χ4v) is 1.54. The smallest absolute Gasteiger partial charge is 0.305 e. The molecule has 0 fully saturated rings. The van der Waals surface area contributed by atoms with Gasteiger partial charge < -0.3 is 10.1 Å². The maximum absolute atomic E-state index is 13.2. The Balaban J connectivity index is 2.18. The number of ether oxygens (including phenoxy) is 1. The molecule has 0 unspecified atom stereocenters. The zero-order chi connectivity index (χ0) is 13.4. The van der Waals surface area contributed by atoms with Crippen molar-refractivity contribution in [1.82, 2.24) is 5.32 Å². The van der Waals surface area contributed by atoms with E-state index in [9.17, 15) is 13.6 Å². The van der Waals surface area contributed by atoms with Crippen LogP contribution in [0.15, 0.2) is 18.2 Å². The SMILES string of the molecule is COC(=O)CCCNCCc1cc(F)ccc1F. The lowest BCUT2D eigenvalue weighted by molar-refractivity contribution is -0.140. The average Bonchev–Trinajstić information content (AvgIpc) is 2.37. The van der Waals surface area contributed by atoms with Gasteiger partial charge in [-0.25, -0.2) is 8.78 Å². The molecule has 0 aliphatic heterocycles. The molecule has 1 aromatic carbocycles. The first-order valence-electron chi connectivity index (χ1n) is 5.85. The molecule has 3 nitrogen and oxygen atoms in total. The third-order valence-electron chi connectivity index (χ3n) is 2.54. The van der Waals surface area contributed by atoms with Crippen LogP contribution in [0, 0.1) is 11.6 Å². The Kier molecular flexibility index (Phi) is 6.28. The molecule has 0 saturated heterocycles. The molecule has 0 bridgehead atoms.